The third-order valence-electron chi connectivity index (χ3n) is 0.823. The molecule has 1 heterocycles. The molecule has 0 aromatic carbocycles. The van der Waals surface area contributed by atoms with Gasteiger partial charge in [0.15, 0.2) is 0 Å². The maximum absolute atomic E-state index is 10.5. The molecule has 10 heavy (non-hydrogen) atoms. The number of halogens is 1. The molecule has 54 valence electrons. The molecule has 0 spiro atoms. The molecule has 1 rings (SSSR count). The van der Waals surface area contributed by atoms with Gasteiger partial charge in [-0.05, 0) is 6.07 Å². The van der Waals surface area contributed by atoms with Crippen LogP contribution in [0.3, 0.4) is 0 Å². The van der Waals surface area contributed by atoms with Gasteiger partial charge < -0.3 is 0 Å². The molecule has 1 aromatic rings. The van der Waals surface area contributed by atoms with Crippen molar-refractivity contribution in [1.82, 2.24) is 9.97 Å². The van der Waals surface area contributed by atoms with E-state index >= 15 is 0 Å². The van der Waals surface area contributed by atoms with Gasteiger partial charge in [0.1, 0.15) is 28.8 Å². The second-order valence-electron chi connectivity index (χ2n) is 1.47. The van der Waals surface area contributed by atoms with Crippen molar-refractivity contribution in [2.75, 3.05) is 5.48 Å². The van der Waals surface area contributed by atoms with Crippen molar-refractivity contribution in [2.24, 2.45) is 0 Å². The Hall–Kier alpha value is -0.630. The van der Waals surface area contributed by atoms with Gasteiger partial charge in [-0.1, -0.05) is 0 Å². The van der Waals surface area contributed by atoms with Gasteiger partial charge in [0.2, 0.25) is 0 Å². The SMILES string of the molecule is O=c1nccc(NOI)[nH]1. The molecule has 0 bridgehead atoms. The summed E-state index contributed by atoms with van der Waals surface area (Å²) < 4.78 is 4.50. The van der Waals surface area contributed by atoms with Gasteiger partial charge in [0.25, 0.3) is 0 Å². The van der Waals surface area contributed by atoms with Crippen molar-refractivity contribution >= 4 is 28.8 Å². The molecule has 0 radical (unpaired) electrons. The largest absolute Gasteiger partial charge is 0.346 e. The summed E-state index contributed by atoms with van der Waals surface area (Å²) in [5.74, 6) is 0.481. The fraction of sp³-hybridized carbons (Fsp3) is 0. The first-order valence-electron chi connectivity index (χ1n) is 2.42. The van der Waals surface area contributed by atoms with E-state index in [4.69, 9.17) is 0 Å². The second-order valence-corrected chi connectivity index (χ2v) is 1.91. The van der Waals surface area contributed by atoms with Gasteiger partial charge >= 0.3 is 5.69 Å². The van der Waals surface area contributed by atoms with E-state index in [-0.39, 0.29) is 0 Å². The van der Waals surface area contributed by atoms with Crippen LogP contribution in [0.2, 0.25) is 0 Å². The van der Waals surface area contributed by atoms with Gasteiger partial charge in [0, 0.05) is 6.20 Å². The van der Waals surface area contributed by atoms with Gasteiger partial charge in [-0.25, -0.2) is 18.4 Å². The molecule has 0 atom stereocenters. The summed E-state index contributed by atoms with van der Waals surface area (Å²) >= 11 is 1.65. The van der Waals surface area contributed by atoms with E-state index in [1.807, 2.05) is 0 Å². The second kappa shape index (κ2) is 3.52. The summed E-state index contributed by atoms with van der Waals surface area (Å²) in [7, 11) is 0. The van der Waals surface area contributed by atoms with Crippen molar-refractivity contribution < 1.29 is 3.17 Å². The molecule has 0 amide bonds. The number of nitrogens with one attached hydrogen (secondary N) is 2. The number of hydrogen-bond acceptors (Lipinski definition) is 4. The molecule has 1 aromatic heterocycles. The maximum atomic E-state index is 10.5. The van der Waals surface area contributed by atoms with Crippen LogP contribution in [0, 0.1) is 0 Å². The molecule has 0 aliphatic carbocycles. The highest BCUT2D eigenvalue weighted by atomic mass is 127. The Morgan fingerprint density at radius 3 is 3.20 bits per heavy atom. The molecule has 0 aliphatic rings. The van der Waals surface area contributed by atoms with Gasteiger partial charge in [-0.15, -0.1) is 0 Å². The predicted octanol–water partition coefficient (Wildman–Crippen LogP) is 0.463. The summed E-state index contributed by atoms with van der Waals surface area (Å²) in [6, 6.07) is 1.58. The van der Waals surface area contributed by atoms with Gasteiger partial charge in [0.05, 0.1) is 0 Å². The first-order chi connectivity index (χ1) is 4.83. The number of aromatic nitrogens is 2. The number of H-pyrrole nitrogens is 1. The monoisotopic (exact) mass is 253 g/mol. The zero-order valence-corrected chi connectivity index (χ0v) is 6.95. The minimum Gasteiger partial charge on any atom is -0.291 e. The highest BCUT2D eigenvalue weighted by molar-refractivity contribution is 14.1. The van der Waals surface area contributed by atoms with E-state index in [0.29, 0.717) is 5.82 Å². The number of aromatic amines is 1. The lowest BCUT2D eigenvalue weighted by molar-refractivity contribution is 0.535. The Labute approximate surface area is 70.5 Å². The van der Waals surface area contributed by atoms with Crippen LogP contribution in [0.25, 0.3) is 0 Å². The number of hydrogen-bond donors (Lipinski definition) is 2. The minimum absolute atomic E-state index is 0.404. The van der Waals surface area contributed by atoms with E-state index in [0.717, 1.165) is 0 Å². The summed E-state index contributed by atoms with van der Waals surface area (Å²) in [4.78, 5) is 16.3. The van der Waals surface area contributed by atoms with E-state index in [2.05, 4.69) is 18.6 Å². The zero-order valence-electron chi connectivity index (χ0n) is 4.80. The maximum Gasteiger partial charge on any atom is 0.346 e. The third-order valence-corrected chi connectivity index (χ3v) is 1.04. The Bertz CT molecular complexity index is 261. The molecular formula is C4H4IN3O2. The molecule has 0 saturated carbocycles. The molecule has 0 aliphatic heterocycles. The molecule has 0 fully saturated rings. The average Bonchev–Trinajstić information content (AvgIpc) is 1.88. The van der Waals surface area contributed by atoms with E-state index in [1.165, 1.54) is 6.20 Å². The van der Waals surface area contributed by atoms with Crippen molar-refractivity contribution in [3.63, 3.8) is 0 Å². The highest BCUT2D eigenvalue weighted by Gasteiger charge is 1.88. The van der Waals surface area contributed by atoms with E-state index < -0.39 is 5.69 Å². The quantitative estimate of drug-likeness (QED) is 0.593. The number of nitrogens with zero attached hydrogens (tertiary/aromatic N) is 1. The Balaban J connectivity index is 2.85. The fourth-order valence-electron chi connectivity index (χ4n) is 0.470. The summed E-state index contributed by atoms with van der Waals surface area (Å²) in [6.07, 6.45) is 1.39. The summed E-state index contributed by atoms with van der Waals surface area (Å²) in [6.45, 7) is 0. The van der Waals surface area contributed by atoms with Gasteiger partial charge in [-0.2, -0.15) is 0 Å². The number of anilines is 1. The molecular weight excluding hydrogens is 249 g/mol. The lowest BCUT2D eigenvalue weighted by Crippen LogP contribution is -2.10. The van der Waals surface area contributed by atoms with Crippen LogP contribution in [0.1, 0.15) is 0 Å². The van der Waals surface area contributed by atoms with Crippen LogP contribution in [-0.2, 0) is 3.17 Å². The standard InChI is InChI=1S/C4H4IN3O2/c5-10-8-3-1-2-6-4(9)7-3/h1-2H,(H2,6,7,8,9). The normalized spacial score (nSPS) is 9.30. The summed E-state index contributed by atoms with van der Waals surface area (Å²) in [5.41, 5.74) is 2.04. The first kappa shape index (κ1) is 7.48. The topological polar surface area (TPSA) is 67.0 Å². The number of rotatable bonds is 2. The zero-order chi connectivity index (χ0) is 7.40. The minimum atomic E-state index is -0.404. The van der Waals surface area contributed by atoms with Crippen LogP contribution < -0.4 is 11.2 Å². The summed E-state index contributed by atoms with van der Waals surface area (Å²) in [5, 5.41) is 0. The van der Waals surface area contributed by atoms with Crippen molar-refractivity contribution in [3.05, 3.63) is 22.7 Å². The fourth-order valence-corrected chi connectivity index (χ4v) is 0.707. The molecule has 6 heteroatoms. The predicted molar refractivity (Wildman–Crippen MR) is 43.6 cm³/mol. The Morgan fingerprint density at radius 1 is 1.80 bits per heavy atom. The van der Waals surface area contributed by atoms with E-state index in [1.54, 1.807) is 29.1 Å². The van der Waals surface area contributed by atoms with Crippen LogP contribution in [0.15, 0.2) is 17.1 Å². The molecule has 5 nitrogen and oxygen atoms in total. The third kappa shape index (κ3) is 1.95. The van der Waals surface area contributed by atoms with Crippen LogP contribution in [0.5, 0.6) is 0 Å². The van der Waals surface area contributed by atoms with Crippen LogP contribution in [-0.4, -0.2) is 9.97 Å². The average molecular weight is 253 g/mol. The van der Waals surface area contributed by atoms with Crippen molar-refractivity contribution in [1.29, 1.82) is 0 Å². The Kier molecular flexibility index (Phi) is 2.63. The lowest BCUT2D eigenvalue weighted by atomic mass is 10.6. The highest BCUT2D eigenvalue weighted by Crippen LogP contribution is 1.97. The van der Waals surface area contributed by atoms with Crippen LogP contribution in [0.4, 0.5) is 5.82 Å². The Morgan fingerprint density at radius 2 is 2.60 bits per heavy atom. The van der Waals surface area contributed by atoms with E-state index in [9.17, 15) is 4.79 Å². The van der Waals surface area contributed by atoms with Crippen molar-refractivity contribution in [3.8, 4) is 0 Å². The lowest BCUT2D eigenvalue weighted by Gasteiger charge is -1.96. The van der Waals surface area contributed by atoms with Crippen molar-refractivity contribution in [2.45, 2.75) is 0 Å². The molecule has 2 N–H and O–H groups in total. The first-order valence-corrected chi connectivity index (χ1v) is 3.30. The van der Waals surface area contributed by atoms with Gasteiger partial charge in [-0.3, -0.25) is 4.98 Å². The molecule has 0 unspecified atom stereocenters. The van der Waals surface area contributed by atoms with Crippen LogP contribution >= 0.6 is 23.0 Å². The molecule has 0 saturated heterocycles. The smallest absolute Gasteiger partial charge is 0.291 e.